The summed E-state index contributed by atoms with van der Waals surface area (Å²) in [5.74, 6) is 0. The molecule has 2 aromatic carbocycles. The largest absolute Gasteiger partial charge is 0.204 e. The van der Waals surface area contributed by atoms with Crippen LogP contribution in [0.4, 0.5) is 0 Å². The summed E-state index contributed by atoms with van der Waals surface area (Å²) >= 11 is 0. The molecule has 2 aromatic heterocycles. The molecule has 0 aliphatic rings. The highest BCUT2D eigenvalue weighted by Gasteiger charge is 2.45. The van der Waals surface area contributed by atoms with Crippen molar-refractivity contribution in [2.75, 3.05) is 0 Å². The molecule has 4 rings (SSSR count). The predicted molar refractivity (Wildman–Crippen MR) is 132 cm³/mol. The summed E-state index contributed by atoms with van der Waals surface area (Å²) in [5.41, 5.74) is 11.4. The van der Waals surface area contributed by atoms with Crippen LogP contribution in [0.5, 0.6) is 0 Å². The fourth-order valence-electron chi connectivity index (χ4n) is 5.27. The fourth-order valence-corrected chi connectivity index (χ4v) is 5.27. The number of pyridine rings is 2. The zero-order chi connectivity index (χ0) is 23.0. The molecule has 0 aliphatic heterocycles. The zero-order valence-corrected chi connectivity index (χ0v) is 20.4. The SMILES string of the molecule is Cc1ccc(-c2cc(C)cc(C(C)(c3cccc[n+]3C)c3cccc[n+]3C)c2C)c(C)c1. The van der Waals surface area contributed by atoms with Crippen LogP contribution in [0.25, 0.3) is 11.1 Å². The molecule has 0 fully saturated rings. The van der Waals surface area contributed by atoms with Crippen LogP contribution in [0.15, 0.2) is 79.1 Å². The van der Waals surface area contributed by atoms with Crippen molar-refractivity contribution >= 4 is 0 Å². The first-order valence-corrected chi connectivity index (χ1v) is 11.3. The van der Waals surface area contributed by atoms with E-state index in [0.717, 1.165) is 0 Å². The van der Waals surface area contributed by atoms with Gasteiger partial charge in [-0.3, -0.25) is 0 Å². The van der Waals surface area contributed by atoms with Gasteiger partial charge in [-0.25, -0.2) is 9.13 Å². The molecule has 0 amide bonds. The number of aromatic nitrogens is 2. The van der Waals surface area contributed by atoms with Crippen LogP contribution in [0.1, 0.15) is 46.1 Å². The summed E-state index contributed by atoms with van der Waals surface area (Å²) in [5, 5.41) is 0. The Morgan fingerprint density at radius 2 is 1.22 bits per heavy atom. The molecule has 0 saturated heterocycles. The number of aryl methyl sites for hydroxylation is 5. The summed E-state index contributed by atoms with van der Waals surface area (Å²) in [6.45, 7) is 11.2. The molecule has 2 heteroatoms. The van der Waals surface area contributed by atoms with Gasteiger partial charge in [0, 0.05) is 24.3 Å². The van der Waals surface area contributed by atoms with E-state index < -0.39 is 0 Å². The second-order valence-electron chi connectivity index (χ2n) is 9.32. The molecule has 2 nitrogen and oxygen atoms in total. The minimum atomic E-state index is -0.324. The van der Waals surface area contributed by atoms with Crippen LogP contribution in [0, 0.1) is 27.7 Å². The molecule has 0 bridgehead atoms. The normalized spacial score (nSPS) is 11.6. The smallest absolute Gasteiger partial charge is 0.202 e. The molecular formula is C30H34N2+2. The van der Waals surface area contributed by atoms with E-state index in [4.69, 9.17) is 0 Å². The quantitative estimate of drug-likeness (QED) is 0.379. The van der Waals surface area contributed by atoms with E-state index in [0.29, 0.717) is 0 Å². The van der Waals surface area contributed by atoms with Crippen LogP contribution < -0.4 is 9.13 Å². The van der Waals surface area contributed by atoms with Crippen molar-refractivity contribution in [3.63, 3.8) is 0 Å². The summed E-state index contributed by atoms with van der Waals surface area (Å²) in [6.07, 6.45) is 4.29. The number of benzene rings is 2. The number of hydrogen-bond acceptors (Lipinski definition) is 0. The lowest BCUT2D eigenvalue weighted by atomic mass is 9.72. The Bertz CT molecular complexity index is 1250. The van der Waals surface area contributed by atoms with Gasteiger partial charge in [-0.1, -0.05) is 53.6 Å². The monoisotopic (exact) mass is 422 g/mol. The zero-order valence-electron chi connectivity index (χ0n) is 20.4. The van der Waals surface area contributed by atoms with Gasteiger partial charge in [0.25, 0.3) is 0 Å². The molecule has 0 saturated carbocycles. The lowest BCUT2D eigenvalue weighted by Crippen LogP contribution is -2.49. The first kappa shape index (κ1) is 22.0. The standard InChI is InChI=1S/C30H34N2/c1-21-14-15-25(23(3)18-21)26-19-22(2)20-27(24(26)4)30(5,28-12-8-10-16-31(28)6)29-13-9-11-17-32(29)7/h8-20H,1-7H3/q+2. The third-order valence-electron chi connectivity index (χ3n) is 6.90. The topological polar surface area (TPSA) is 7.76 Å². The second-order valence-corrected chi connectivity index (χ2v) is 9.32. The Hall–Kier alpha value is -3.26. The number of nitrogens with zero attached hydrogens (tertiary/aromatic N) is 2. The highest BCUT2D eigenvalue weighted by Crippen LogP contribution is 2.41. The van der Waals surface area contributed by atoms with Crippen molar-refractivity contribution < 1.29 is 9.13 Å². The Kier molecular flexibility index (Phi) is 5.73. The summed E-state index contributed by atoms with van der Waals surface area (Å²) in [6, 6.07) is 24.5. The van der Waals surface area contributed by atoms with E-state index in [2.05, 4.69) is 137 Å². The van der Waals surface area contributed by atoms with E-state index in [-0.39, 0.29) is 5.41 Å². The maximum atomic E-state index is 2.38. The molecule has 0 unspecified atom stereocenters. The van der Waals surface area contributed by atoms with Gasteiger partial charge in [0.2, 0.25) is 11.4 Å². The van der Waals surface area contributed by atoms with Crippen molar-refractivity contribution in [3.05, 3.63) is 118 Å². The Balaban J connectivity index is 2.09. The molecule has 4 aromatic rings. The summed E-state index contributed by atoms with van der Waals surface area (Å²) < 4.78 is 4.51. The van der Waals surface area contributed by atoms with Crippen LogP contribution in [-0.2, 0) is 19.5 Å². The van der Waals surface area contributed by atoms with E-state index in [1.165, 1.54) is 50.3 Å². The highest BCUT2D eigenvalue weighted by molar-refractivity contribution is 5.74. The van der Waals surface area contributed by atoms with Crippen molar-refractivity contribution in [1.82, 2.24) is 0 Å². The van der Waals surface area contributed by atoms with Crippen LogP contribution in [0.2, 0.25) is 0 Å². The Morgan fingerprint density at radius 1 is 0.625 bits per heavy atom. The molecular weight excluding hydrogens is 388 g/mol. The summed E-state index contributed by atoms with van der Waals surface area (Å²) in [7, 11) is 4.29. The van der Waals surface area contributed by atoms with Gasteiger partial charge in [-0.15, -0.1) is 0 Å². The summed E-state index contributed by atoms with van der Waals surface area (Å²) in [4.78, 5) is 0. The molecule has 2 heterocycles. The molecule has 0 spiro atoms. The van der Waals surface area contributed by atoms with Gasteiger partial charge < -0.3 is 0 Å². The van der Waals surface area contributed by atoms with Gasteiger partial charge >= 0.3 is 0 Å². The predicted octanol–water partition coefficient (Wildman–Crippen LogP) is 5.59. The van der Waals surface area contributed by atoms with Gasteiger partial charge in [0.1, 0.15) is 14.1 Å². The van der Waals surface area contributed by atoms with Crippen LogP contribution in [-0.4, -0.2) is 0 Å². The van der Waals surface area contributed by atoms with Crippen molar-refractivity contribution in [1.29, 1.82) is 0 Å². The molecule has 0 atom stereocenters. The molecule has 0 aliphatic carbocycles. The van der Waals surface area contributed by atoms with Crippen molar-refractivity contribution in [3.8, 4) is 11.1 Å². The minimum Gasteiger partial charge on any atom is -0.204 e. The number of rotatable bonds is 4. The third-order valence-corrected chi connectivity index (χ3v) is 6.90. The Morgan fingerprint density at radius 3 is 1.75 bits per heavy atom. The average molecular weight is 423 g/mol. The molecule has 162 valence electrons. The minimum absolute atomic E-state index is 0.324. The third kappa shape index (κ3) is 3.64. The van der Waals surface area contributed by atoms with E-state index in [9.17, 15) is 0 Å². The van der Waals surface area contributed by atoms with Crippen LogP contribution in [0.3, 0.4) is 0 Å². The van der Waals surface area contributed by atoms with Crippen molar-refractivity contribution in [2.24, 2.45) is 14.1 Å². The van der Waals surface area contributed by atoms with Gasteiger partial charge in [-0.05, 0) is 62.4 Å². The van der Waals surface area contributed by atoms with Crippen LogP contribution >= 0.6 is 0 Å². The first-order chi connectivity index (χ1) is 15.2. The highest BCUT2D eigenvalue weighted by atomic mass is 15.0. The number of hydrogen-bond donors (Lipinski definition) is 0. The lowest BCUT2D eigenvalue weighted by Gasteiger charge is -2.29. The first-order valence-electron chi connectivity index (χ1n) is 11.3. The lowest BCUT2D eigenvalue weighted by molar-refractivity contribution is -0.696. The average Bonchev–Trinajstić information content (AvgIpc) is 2.75. The Labute approximate surface area is 192 Å². The van der Waals surface area contributed by atoms with E-state index >= 15 is 0 Å². The van der Waals surface area contributed by atoms with E-state index in [1.807, 2.05) is 0 Å². The maximum Gasteiger partial charge on any atom is 0.202 e. The van der Waals surface area contributed by atoms with Gasteiger partial charge in [0.05, 0.1) is 0 Å². The fraction of sp³-hybridized carbons (Fsp3) is 0.267. The van der Waals surface area contributed by atoms with Gasteiger partial charge in [0.15, 0.2) is 17.8 Å². The van der Waals surface area contributed by atoms with Crippen molar-refractivity contribution in [2.45, 2.75) is 40.0 Å². The van der Waals surface area contributed by atoms with Gasteiger partial charge in [-0.2, -0.15) is 0 Å². The maximum absolute atomic E-state index is 2.38. The molecule has 32 heavy (non-hydrogen) atoms. The van der Waals surface area contributed by atoms with E-state index in [1.54, 1.807) is 0 Å². The molecule has 0 N–H and O–H groups in total. The second kappa shape index (κ2) is 8.35. The molecule has 0 radical (unpaired) electrons.